The second-order valence-corrected chi connectivity index (χ2v) is 11.8. The third kappa shape index (κ3) is 3.72. The summed E-state index contributed by atoms with van der Waals surface area (Å²) in [6, 6.07) is 0.0827. The topological polar surface area (TPSA) is 76.1 Å². The minimum atomic E-state index is -0.736. The molecule has 6 atom stereocenters. The Labute approximate surface area is 201 Å². The van der Waals surface area contributed by atoms with Gasteiger partial charge in [-0.1, -0.05) is 24.8 Å². The fraction of sp³-hybridized carbons (Fsp3) is 0.545. The number of rotatable bonds is 6. The largest absolute Gasteiger partial charge is 0.393 e. The summed E-state index contributed by atoms with van der Waals surface area (Å²) in [4.78, 5) is 32.8. The maximum Gasteiger partial charge on any atom is 0.269 e. The van der Waals surface area contributed by atoms with Gasteiger partial charge in [-0.15, -0.1) is 11.8 Å². The molecule has 2 N–H and O–H groups in total. The zero-order valence-corrected chi connectivity index (χ0v) is 20.6. The Morgan fingerprint density at radius 1 is 1.44 bits per heavy atom. The summed E-state index contributed by atoms with van der Waals surface area (Å²) in [5, 5.41) is 14.5. The Hall–Kier alpha value is -1.39. The monoisotopic (exact) mass is 494 g/mol. The van der Waals surface area contributed by atoms with Crippen molar-refractivity contribution in [3.63, 3.8) is 0 Å². The van der Waals surface area contributed by atoms with Gasteiger partial charge >= 0.3 is 0 Å². The van der Waals surface area contributed by atoms with E-state index in [1.807, 2.05) is 6.92 Å². The first-order chi connectivity index (χ1) is 15.2. The van der Waals surface area contributed by atoms with E-state index in [2.05, 4.69) is 46.7 Å². The number of halogens is 1. The van der Waals surface area contributed by atoms with Crippen LogP contribution in [-0.2, 0) is 9.59 Å². The fourth-order valence-electron chi connectivity index (χ4n) is 5.20. The molecule has 0 saturated carbocycles. The van der Waals surface area contributed by atoms with Gasteiger partial charge < -0.3 is 25.1 Å². The van der Waals surface area contributed by atoms with Crippen LogP contribution in [0.1, 0.15) is 20.3 Å². The Bertz CT molecular complexity index is 978. The molecule has 5 aliphatic heterocycles. The van der Waals surface area contributed by atoms with Crippen molar-refractivity contribution < 1.29 is 14.7 Å². The Morgan fingerprint density at radius 3 is 2.91 bits per heavy atom. The number of aliphatic hydroxyl groups excluding tert-OH is 1. The number of thioether (sulfide) groups is 2. The van der Waals surface area contributed by atoms with Crippen molar-refractivity contribution >= 4 is 46.3 Å². The SMILES string of the molecule is C[C@@H](O)[C@H]1C(=O)N2C(C(=O)Cl)=C(S[C@@H]3CN[C@H](/C=C/C4=CN5CN(C)C=C5S4)C3)[C@H](C)[C@H]12. The van der Waals surface area contributed by atoms with Crippen LogP contribution in [0.4, 0.5) is 0 Å². The van der Waals surface area contributed by atoms with Crippen LogP contribution in [0.15, 0.2) is 45.1 Å². The van der Waals surface area contributed by atoms with Crippen molar-refractivity contribution in [1.82, 2.24) is 20.0 Å². The standard InChI is InChI=1S/C22H27ClN4O3S2/c1-11-18-17(12(2)28)22(30)27(18)19(21(23)29)20(11)32-15-6-13(24-7-15)4-5-14-8-26-10-25(3)9-16(26)31-14/h4-5,8-9,11-13,15,17-18,24,28H,6-7,10H2,1-3H3/b5-4+/t11-,12-,13-,15+,17-,18-/m1/s1. The highest BCUT2D eigenvalue weighted by Gasteiger charge is 2.59. The lowest BCUT2D eigenvalue weighted by Crippen LogP contribution is -2.63. The number of carbonyl (C=O) groups excluding carboxylic acids is 2. The summed E-state index contributed by atoms with van der Waals surface area (Å²) in [5.41, 5.74) is 0.321. The lowest BCUT2D eigenvalue weighted by Gasteiger charge is -2.46. The Balaban J connectivity index is 1.23. The quantitative estimate of drug-likeness (QED) is 0.431. The second kappa shape index (κ2) is 8.43. The van der Waals surface area contributed by atoms with Gasteiger partial charge in [-0.3, -0.25) is 9.59 Å². The number of amides is 1. The summed E-state index contributed by atoms with van der Waals surface area (Å²) in [5.74, 6) is -0.677. The number of carbonyl (C=O) groups is 2. The number of nitrogens with zero attached hydrogens (tertiary/aromatic N) is 3. The highest BCUT2D eigenvalue weighted by Crippen LogP contribution is 2.52. The molecule has 0 aliphatic carbocycles. The molecule has 2 saturated heterocycles. The molecule has 0 aromatic carbocycles. The van der Waals surface area contributed by atoms with Crippen LogP contribution in [0.5, 0.6) is 0 Å². The predicted molar refractivity (Wildman–Crippen MR) is 128 cm³/mol. The zero-order valence-electron chi connectivity index (χ0n) is 18.2. The molecule has 5 heterocycles. The molecule has 0 bridgehead atoms. The number of nitrogens with one attached hydrogen (secondary N) is 1. The van der Waals surface area contributed by atoms with Crippen molar-refractivity contribution in [2.45, 2.75) is 43.7 Å². The number of fused-ring (bicyclic) bond motifs is 2. The predicted octanol–water partition coefficient (Wildman–Crippen LogP) is 2.43. The highest BCUT2D eigenvalue weighted by atomic mass is 35.5. The van der Waals surface area contributed by atoms with Crippen LogP contribution in [0.2, 0.25) is 0 Å². The van der Waals surface area contributed by atoms with Crippen molar-refractivity contribution in [2.75, 3.05) is 20.3 Å². The zero-order chi connectivity index (χ0) is 22.7. The van der Waals surface area contributed by atoms with E-state index in [0.29, 0.717) is 5.70 Å². The van der Waals surface area contributed by atoms with Crippen molar-refractivity contribution in [3.8, 4) is 0 Å². The van der Waals surface area contributed by atoms with Gasteiger partial charge in [0.05, 0.1) is 29.8 Å². The molecular weight excluding hydrogens is 468 g/mol. The number of allylic oxidation sites excluding steroid dienone is 2. The Morgan fingerprint density at radius 2 is 2.22 bits per heavy atom. The number of hydrogen-bond donors (Lipinski definition) is 2. The van der Waals surface area contributed by atoms with E-state index < -0.39 is 17.3 Å². The molecule has 32 heavy (non-hydrogen) atoms. The first kappa shape index (κ1) is 22.4. The van der Waals surface area contributed by atoms with E-state index >= 15 is 0 Å². The number of aliphatic hydroxyl groups is 1. The third-order valence-corrected chi connectivity index (χ3v) is 9.42. The van der Waals surface area contributed by atoms with Crippen molar-refractivity contribution in [2.24, 2.45) is 11.8 Å². The van der Waals surface area contributed by atoms with Gasteiger partial charge in [-0.05, 0) is 31.0 Å². The molecule has 7 nitrogen and oxygen atoms in total. The molecule has 2 fully saturated rings. The van der Waals surface area contributed by atoms with Crippen LogP contribution in [-0.4, -0.2) is 74.7 Å². The lowest BCUT2D eigenvalue weighted by atomic mass is 9.79. The average molecular weight is 495 g/mol. The van der Waals surface area contributed by atoms with E-state index in [0.717, 1.165) is 24.5 Å². The number of hydrogen-bond acceptors (Lipinski definition) is 8. The smallest absolute Gasteiger partial charge is 0.269 e. The van der Waals surface area contributed by atoms with Gasteiger partial charge in [0.15, 0.2) is 0 Å². The van der Waals surface area contributed by atoms with Crippen molar-refractivity contribution in [1.29, 1.82) is 0 Å². The molecule has 0 unspecified atom stereocenters. The number of β-lactam (4-membered cyclic amide) rings is 1. The first-order valence-corrected chi connectivity index (χ1v) is 12.9. The van der Waals surface area contributed by atoms with Crippen LogP contribution in [0.3, 0.4) is 0 Å². The molecular formula is C22H27ClN4O3S2. The van der Waals surface area contributed by atoms with E-state index in [1.54, 1.807) is 30.4 Å². The van der Waals surface area contributed by atoms with Crippen LogP contribution in [0.25, 0.3) is 0 Å². The van der Waals surface area contributed by atoms with Crippen molar-refractivity contribution in [3.05, 3.63) is 45.1 Å². The summed E-state index contributed by atoms with van der Waals surface area (Å²) in [6.45, 7) is 5.38. The van der Waals surface area contributed by atoms with Gasteiger partial charge in [-0.2, -0.15) is 0 Å². The summed E-state index contributed by atoms with van der Waals surface area (Å²) in [7, 11) is 2.07. The minimum Gasteiger partial charge on any atom is -0.393 e. The minimum absolute atomic E-state index is 0.00972. The molecule has 0 aromatic rings. The lowest BCUT2D eigenvalue weighted by molar-refractivity contribution is -0.160. The third-order valence-electron chi connectivity index (χ3n) is 6.70. The Kier molecular flexibility index (Phi) is 5.90. The molecule has 172 valence electrons. The molecule has 0 aromatic heterocycles. The summed E-state index contributed by atoms with van der Waals surface area (Å²) >= 11 is 9.34. The normalized spacial score (nSPS) is 34.8. The molecule has 5 rings (SSSR count). The molecule has 1 amide bonds. The maximum absolute atomic E-state index is 12.6. The van der Waals surface area contributed by atoms with E-state index in [-0.39, 0.29) is 29.2 Å². The maximum atomic E-state index is 12.6. The summed E-state index contributed by atoms with van der Waals surface area (Å²) in [6.07, 6.45) is 8.93. The molecule has 0 radical (unpaired) electrons. The second-order valence-electron chi connectivity index (χ2n) is 9.06. The van der Waals surface area contributed by atoms with Crippen LogP contribution >= 0.6 is 35.1 Å². The molecule has 10 heteroatoms. The molecule has 5 aliphatic rings. The first-order valence-electron chi connectivity index (χ1n) is 10.9. The van der Waals surface area contributed by atoms with Crippen LogP contribution in [0, 0.1) is 11.8 Å². The highest BCUT2D eigenvalue weighted by molar-refractivity contribution is 8.07. The van der Waals surface area contributed by atoms with Crippen LogP contribution < -0.4 is 5.32 Å². The van der Waals surface area contributed by atoms with Gasteiger partial charge in [-0.25, -0.2) is 0 Å². The fourth-order valence-corrected chi connectivity index (χ4v) is 7.98. The van der Waals surface area contributed by atoms with E-state index in [1.165, 1.54) is 14.8 Å². The van der Waals surface area contributed by atoms with E-state index in [4.69, 9.17) is 11.6 Å². The van der Waals surface area contributed by atoms with Gasteiger partial charge in [0.2, 0.25) is 5.91 Å². The van der Waals surface area contributed by atoms with Gasteiger partial charge in [0.25, 0.3) is 5.24 Å². The average Bonchev–Trinajstić information content (AvgIpc) is 3.43. The van der Waals surface area contributed by atoms with Gasteiger partial charge in [0, 0.05) is 53.0 Å². The van der Waals surface area contributed by atoms with E-state index in [9.17, 15) is 14.7 Å². The summed E-state index contributed by atoms with van der Waals surface area (Å²) < 4.78 is 0. The van der Waals surface area contributed by atoms with Gasteiger partial charge in [0.1, 0.15) is 5.70 Å². The molecule has 0 spiro atoms.